The smallest absolute Gasteiger partial charge is 0.154 e. The standard InChI is InChI=1S/C13H20N2O2S2/c1-15(2)7-4-8-19(16,17)10-11-5-3-6-12(9-11)13(14)18/h3,5-6,9H,4,7-8,10H2,1-2H3,(H2,14,18). The molecule has 106 valence electrons. The predicted octanol–water partition coefficient (Wildman–Crippen LogP) is 1.19. The Kier molecular flexibility index (Phi) is 5.90. The van der Waals surface area contributed by atoms with Gasteiger partial charge >= 0.3 is 0 Å². The highest BCUT2D eigenvalue weighted by Crippen LogP contribution is 2.10. The van der Waals surface area contributed by atoms with Crippen molar-refractivity contribution in [2.75, 3.05) is 26.4 Å². The van der Waals surface area contributed by atoms with Crippen molar-refractivity contribution in [3.63, 3.8) is 0 Å². The minimum atomic E-state index is -3.08. The maximum atomic E-state index is 12.0. The molecule has 1 aromatic rings. The molecular weight excluding hydrogens is 280 g/mol. The molecule has 0 heterocycles. The Morgan fingerprint density at radius 3 is 2.63 bits per heavy atom. The molecule has 0 atom stereocenters. The van der Waals surface area contributed by atoms with Crippen molar-refractivity contribution in [1.82, 2.24) is 4.90 Å². The highest BCUT2D eigenvalue weighted by atomic mass is 32.2. The van der Waals surface area contributed by atoms with Crippen LogP contribution in [0.1, 0.15) is 17.5 Å². The minimum absolute atomic E-state index is 0.0386. The van der Waals surface area contributed by atoms with Crippen LogP contribution in [0.15, 0.2) is 24.3 Å². The molecule has 0 aliphatic rings. The molecule has 1 rings (SSSR count). The molecule has 0 aromatic heterocycles. The molecule has 0 aliphatic heterocycles. The van der Waals surface area contributed by atoms with Gasteiger partial charge in [0.1, 0.15) is 4.99 Å². The molecule has 0 amide bonds. The van der Waals surface area contributed by atoms with E-state index in [1.54, 1.807) is 24.3 Å². The number of thiocarbonyl (C=S) groups is 1. The molecule has 0 saturated heterocycles. The molecule has 1 aromatic carbocycles. The van der Waals surface area contributed by atoms with Crippen LogP contribution in [-0.4, -0.2) is 44.7 Å². The lowest BCUT2D eigenvalue weighted by Gasteiger charge is -2.10. The molecule has 0 bridgehead atoms. The molecule has 2 N–H and O–H groups in total. The van der Waals surface area contributed by atoms with Gasteiger partial charge in [-0.2, -0.15) is 0 Å². The Bertz CT molecular complexity index is 539. The second-order valence-corrected chi connectivity index (χ2v) is 7.44. The van der Waals surface area contributed by atoms with Crippen molar-refractivity contribution < 1.29 is 8.42 Å². The maximum Gasteiger partial charge on any atom is 0.154 e. The number of hydrogen-bond donors (Lipinski definition) is 1. The summed E-state index contributed by atoms with van der Waals surface area (Å²) in [6, 6.07) is 7.08. The summed E-state index contributed by atoms with van der Waals surface area (Å²) in [5.41, 5.74) is 6.97. The van der Waals surface area contributed by atoms with E-state index in [4.69, 9.17) is 18.0 Å². The maximum absolute atomic E-state index is 12.0. The zero-order chi connectivity index (χ0) is 14.5. The topological polar surface area (TPSA) is 63.4 Å². The number of sulfone groups is 1. The van der Waals surface area contributed by atoms with E-state index >= 15 is 0 Å². The predicted molar refractivity (Wildman–Crippen MR) is 83.0 cm³/mol. The zero-order valence-corrected chi connectivity index (χ0v) is 12.9. The van der Waals surface area contributed by atoms with Crippen LogP contribution in [0, 0.1) is 0 Å². The molecule has 0 unspecified atom stereocenters. The molecular formula is C13H20N2O2S2. The van der Waals surface area contributed by atoms with Crippen molar-refractivity contribution in [3.8, 4) is 0 Å². The summed E-state index contributed by atoms with van der Waals surface area (Å²) in [6.07, 6.45) is 0.643. The second kappa shape index (κ2) is 6.98. The summed E-state index contributed by atoms with van der Waals surface area (Å²) in [6.45, 7) is 0.770. The van der Waals surface area contributed by atoms with Crippen LogP contribution in [0.5, 0.6) is 0 Å². The van der Waals surface area contributed by atoms with Crippen molar-refractivity contribution >= 4 is 27.0 Å². The SMILES string of the molecule is CN(C)CCCS(=O)(=O)Cc1cccc(C(N)=S)c1. The lowest BCUT2D eigenvalue weighted by molar-refractivity contribution is 0.408. The van der Waals surface area contributed by atoms with E-state index in [-0.39, 0.29) is 16.5 Å². The first kappa shape index (κ1) is 16.1. The first-order chi connectivity index (χ1) is 8.80. The van der Waals surface area contributed by atoms with Crippen LogP contribution >= 0.6 is 12.2 Å². The third-order valence-electron chi connectivity index (χ3n) is 2.66. The Balaban J connectivity index is 2.67. The molecule has 0 fully saturated rings. The average molecular weight is 300 g/mol. The van der Waals surface area contributed by atoms with E-state index < -0.39 is 9.84 Å². The Labute approximate surface area is 120 Å². The first-order valence-corrected chi connectivity index (χ1v) is 8.27. The normalized spacial score (nSPS) is 11.7. The van der Waals surface area contributed by atoms with Gasteiger partial charge in [0.05, 0.1) is 11.5 Å². The van der Waals surface area contributed by atoms with Crippen molar-refractivity contribution in [1.29, 1.82) is 0 Å². The van der Waals surface area contributed by atoms with Gasteiger partial charge in [0, 0.05) is 5.56 Å². The lowest BCUT2D eigenvalue weighted by Crippen LogP contribution is -2.18. The summed E-state index contributed by atoms with van der Waals surface area (Å²) in [4.78, 5) is 2.26. The molecule has 6 heteroatoms. The Hall–Kier alpha value is -0.980. The molecule has 0 radical (unpaired) electrons. The highest BCUT2D eigenvalue weighted by Gasteiger charge is 2.12. The van der Waals surface area contributed by atoms with E-state index in [2.05, 4.69) is 0 Å². The van der Waals surface area contributed by atoms with Crippen LogP contribution in [-0.2, 0) is 15.6 Å². The fraction of sp³-hybridized carbons (Fsp3) is 0.462. The average Bonchev–Trinajstić information content (AvgIpc) is 2.27. The molecule has 4 nitrogen and oxygen atoms in total. The van der Waals surface area contributed by atoms with E-state index in [0.29, 0.717) is 12.0 Å². The summed E-state index contributed by atoms with van der Waals surface area (Å²) < 4.78 is 24.0. The van der Waals surface area contributed by atoms with Crippen LogP contribution in [0.2, 0.25) is 0 Å². The van der Waals surface area contributed by atoms with E-state index in [1.165, 1.54) is 0 Å². The van der Waals surface area contributed by atoms with Gasteiger partial charge in [-0.15, -0.1) is 0 Å². The number of rotatable bonds is 7. The van der Waals surface area contributed by atoms with Gasteiger partial charge in [0.15, 0.2) is 9.84 Å². The number of hydrogen-bond acceptors (Lipinski definition) is 4. The summed E-state index contributed by atoms with van der Waals surface area (Å²) in [5, 5.41) is 0. The van der Waals surface area contributed by atoms with Gasteiger partial charge < -0.3 is 10.6 Å². The van der Waals surface area contributed by atoms with Gasteiger partial charge in [0.2, 0.25) is 0 Å². The van der Waals surface area contributed by atoms with Crippen molar-refractivity contribution in [2.24, 2.45) is 5.73 Å². The quantitative estimate of drug-likeness (QED) is 0.766. The van der Waals surface area contributed by atoms with Gasteiger partial charge in [-0.1, -0.05) is 30.4 Å². The van der Waals surface area contributed by atoms with E-state index in [0.717, 1.165) is 12.1 Å². The molecule has 0 spiro atoms. The van der Waals surface area contributed by atoms with Gasteiger partial charge in [-0.05, 0) is 38.7 Å². The van der Waals surface area contributed by atoms with Gasteiger partial charge in [-0.3, -0.25) is 0 Å². The number of benzene rings is 1. The highest BCUT2D eigenvalue weighted by molar-refractivity contribution is 7.90. The number of nitrogens with two attached hydrogens (primary N) is 1. The fourth-order valence-electron chi connectivity index (χ4n) is 1.74. The van der Waals surface area contributed by atoms with E-state index in [1.807, 2.05) is 19.0 Å². The van der Waals surface area contributed by atoms with E-state index in [9.17, 15) is 8.42 Å². The minimum Gasteiger partial charge on any atom is -0.389 e. The molecule has 19 heavy (non-hydrogen) atoms. The molecule has 0 aliphatic carbocycles. The van der Waals surface area contributed by atoms with Gasteiger partial charge in [-0.25, -0.2) is 8.42 Å². The van der Waals surface area contributed by atoms with Crippen LogP contribution in [0.3, 0.4) is 0 Å². The van der Waals surface area contributed by atoms with Crippen LogP contribution < -0.4 is 5.73 Å². The van der Waals surface area contributed by atoms with Crippen LogP contribution in [0.4, 0.5) is 0 Å². The first-order valence-electron chi connectivity index (χ1n) is 6.04. The van der Waals surface area contributed by atoms with Crippen LogP contribution in [0.25, 0.3) is 0 Å². The fourth-order valence-corrected chi connectivity index (χ4v) is 3.27. The zero-order valence-electron chi connectivity index (χ0n) is 11.3. The second-order valence-electron chi connectivity index (χ2n) is 4.81. The summed E-state index contributed by atoms with van der Waals surface area (Å²) in [5.74, 6) is 0.235. The van der Waals surface area contributed by atoms with Crippen molar-refractivity contribution in [2.45, 2.75) is 12.2 Å². The largest absolute Gasteiger partial charge is 0.389 e. The summed E-state index contributed by atoms with van der Waals surface area (Å²) >= 11 is 4.88. The monoisotopic (exact) mass is 300 g/mol. The third-order valence-corrected chi connectivity index (χ3v) is 4.58. The lowest BCUT2D eigenvalue weighted by atomic mass is 10.1. The van der Waals surface area contributed by atoms with Crippen molar-refractivity contribution in [3.05, 3.63) is 35.4 Å². The Morgan fingerprint density at radius 1 is 1.37 bits per heavy atom. The van der Waals surface area contributed by atoms with Gasteiger partial charge in [0.25, 0.3) is 0 Å². The molecule has 0 saturated carbocycles. The summed E-state index contributed by atoms with van der Waals surface area (Å²) in [7, 11) is 0.774. The third kappa shape index (κ3) is 6.13. The Morgan fingerprint density at radius 2 is 2.05 bits per heavy atom. The number of nitrogens with zero attached hydrogens (tertiary/aromatic N) is 1.